The number of nitrogens with two attached hydrogens (primary N) is 1. The van der Waals surface area contributed by atoms with Crippen LogP contribution in [0.3, 0.4) is 0 Å². The third-order valence-corrected chi connectivity index (χ3v) is 4.15. The number of primary amides is 1. The molecule has 0 saturated carbocycles. The lowest BCUT2D eigenvalue weighted by molar-refractivity contribution is 0.0512. The Hall–Kier alpha value is -1.63. The summed E-state index contributed by atoms with van der Waals surface area (Å²) in [4.78, 5) is 23.5. The molecule has 128 valence electrons. The first-order chi connectivity index (χ1) is 10.6. The van der Waals surface area contributed by atoms with Crippen molar-refractivity contribution in [2.45, 2.75) is 12.8 Å². The quantitative estimate of drug-likeness (QED) is 0.718. The highest BCUT2D eigenvalue weighted by Crippen LogP contribution is 2.28. The minimum atomic E-state index is -0.538. The van der Waals surface area contributed by atoms with Gasteiger partial charge in [0.2, 0.25) is 5.91 Å². The van der Waals surface area contributed by atoms with Gasteiger partial charge in [0.05, 0.1) is 6.61 Å². The lowest BCUT2D eigenvalue weighted by atomic mass is 9.79. The van der Waals surface area contributed by atoms with E-state index >= 15 is 0 Å². The number of carbonyl (C=O) groups excluding carboxylic acids is 2. The zero-order chi connectivity index (χ0) is 16.0. The number of nitrogens with one attached hydrogen (secondary N) is 2. The Morgan fingerprint density at radius 1 is 1.30 bits per heavy atom. The molecule has 6 nitrogen and oxygen atoms in total. The molecule has 1 aromatic rings. The predicted molar refractivity (Wildman–Crippen MR) is 91.0 cm³/mol. The fraction of sp³-hybridized carbons (Fsp3) is 0.500. The van der Waals surface area contributed by atoms with Gasteiger partial charge in [0.15, 0.2) is 0 Å². The first kappa shape index (κ1) is 19.4. The van der Waals surface area contributed by atoms with Crippen LogP contribution in [-0.4, -0.2) is 45.2 Å². The minimum absolute atomic E-state index is 0. The van der Waals surface area contributed by atoms with Gasteiger partial charge in [-0.15, -0.1) is 12.4 Å². The first-order valence-electron chi connectivity index (χ1n) is 7.44. The van der Waals surface area contributed by atoms with Crippen LogP contribution in [0.5, 0.6) is 0 Å². The van der Waals surface area contributed by atoms with Gasteiger partial charge in [-0.3, -0.25) is 9.59 Å². The van der Waals surface area contributed by atoms with Gasteiger partial charge in [-0.2, -0.15) is 0 Å². The van der Waals surface area contributed by atoms with E-state index in [-0.39, 0.29) is 23.7 Å². The first-order valence-corrected chi connectivity index (χ1v) is 7.44. The predicted octanol–water partition coefficient (Wildman–Crippen LogP) is 0.953. The Morgan fingerprint density at radius 3 is 2.57 bits per heavy atom. The molecule has 1 aromatic carbocycles. The number of benzene rings is 1. The summed E-state index contributed by atoms with van der Waals surface area (Å²) in [5, 5.41) is 6.28. The molecule has 0 radical (unpaired) electrons. The largest absolute Gasteiger partial charge is 0.384 e. The normalized spacial score (nSPS) is 16.2. The third-order valence-electron chi connectivity index (χ3n) is 4.15. The van der Waals surface area contributed by atoms with Crippen molar-refractivity contribution in [2.24, 2.45) is 11.1 Å². The van der Waals surface area contributed by atoms with Crippen LogP contribution in [0.15, 0.2) is 24.3 Å². The second kappa shape index (κ2) is 8.86. The number of hydrogen-bond acceptors (Lipinski definition) is 4. The summed E-state index contributed by atoms with van der Waals surface area (Å²) in [5.74, 6) is -0.735. The molecular formula is C16H24ClN3O3. The maximum absolute atomic E-state index is 12.3. The summed E-state index contributed by atoms with van der Waals surface area (Å²) in [6, 6.07) is 6.44. The average Bonchev–Trinajstić information content (AvgIpc) is 2.54. The highest BCUT2D eigenvalue weighted by Gasteiger charge is 2.32. The molecule has 4 N–H and O–H groups in total. The molecule has 23 heavy (non-hydrogen) atoms. The van der Waals surface area contributed by atoms with Crippen LogP contribution in [0.1, 0.15) is 33.6 Å². The number of rotatable bonds is 6. The monoisotopic (exact) mass is 341 g/mol. The van der Waals surface area contributed by atoms with Gasteiger partial charge in [-0.05, 0) is 44.1 Å². The van der Waals surface area contributed by atoms with Gasteiger partial charge in [0.25, 0.3) is 5.91 Å². The van der Waals surface area contributed by atoms with Crippen molar-refractivity contribution in [3.05, 3.63) is 35.4 Å². The minimum Gasteiger partial charge on any atom is -0.384 e. The highest BCUT2D eigenvalue weighted by atomic mass is 35.5. The van der Waals surface area contributed by atoms with Crippen LogP contribution < -0.4 is 16.4 Å². The molecule has 1 aliphatic rings. The zero-order valence-corrected chi connectivity index (χ0v) is 14.1. The fourth-order valence-electron chi connectivity index (χ4n) is 2.82. The number of ether oxygens (including phenoxy) is 1. The van der Waals surface area contributed by atoms with Crippen molar-refractivity contribution in [3.63, 3.8) is 0 Å². The highest BCUT2D eigenvalue weighted by molar-refractivity contribution is 5.99. The number of methoxy groups -OCH3 is 1. The molecule has 7 heteroatoms. The van der Waals surface area contributed by atoms with Crippen LogP contribution in [0.2, 0.25) is 0 Å². The van der Waals surface area contributed by atoms with E-state index in [1.54, 1.807) is 25.3 Å². The number of carbonyl (C=O) groups is 2. The van der Waals surface area contributed by atoms with Crippen molar-refractivity contribution < 1.29 is 14.3 Å². The number of piperidine rings is 1. The van der Waals surface area contributed by atoms with Crippen molar-refractivity contribution in [1.29, 1.82) is 0 Å². The second-order valence-corrected chi connectivity index (χ2v) is 5.81. The molecule has 2 rings (SSSR count). The zero-order valence-electron chi connectivity index (χ0n) is 13.3. The maximum atomic E-state index is 12.3. The molecule has 1 fully saturated rings. The summed E-state index contributed by atoms with van der Waals surface area (Å²) in [5.41, 5.74) is 5.99. The standard InChI is InChI=1S/C16H23N3O3.ClH/c1-22-11-16(5-7-18-8-6-16)10-19-15(21)13-4-2-3-12(9-13)14(17)20;/h2-4,9,18H,5-8,10-11H2,1H3,(H2,17,20)(H,19,21);1H. The third kappa shape index (κ3) is 5.20. The lowest BCUT2D eigenvalue weighted by Gasteiger charge is -2.37. The van der Waals surface area contributed by atoms with Crippen molar-refractivity contribution >= 4 is 24.2 Å². The van der Waals surface area contributed by atoms with E-state index in [2.05, 4.69) is 10.6 Å². The van der Waals surface area contributed by atoms with Gasteiger partial charge in [0.1, 0.15) is 0 Å². The van der Waals surface area contributed by atoms with Gasteiger partial charge < -0.3 is 21.1 Å². The van der Waals surface area contributed by atoms with Crippen LogP contribution in [0, 0.1) is 5.41 Å². The Labute approximate surface area is 142 Å². The topological polar surface area (TPSA) is 93.4 Å². The number of amides is 2. The molecule has 0 spiro atoms. The van der Waals surface area contributed by atoms with Crippen LogP contribution in [-0.2, 0) is 4.74 Å². The summed E-state index contributed by atoms with van der Waals surface area (Å²) >= 11 is 0. The van der Waals surface area contributed by atoms with E-state index in [0.717, 1.165) is 25.9 Å². The molecule has 0 unspecified atom stereocenters. The Balaban J connectivity index is 0.00000264. The Morgan fingerprint density at radius 2 is 1.96 bits per heavy atom. The van der Waals surface area contributed by atoms with E-state index in [1.165, 1.54) is 6.07 Å². The summed E-state index contributed by atoms with van der Waals surface area (Å²) in [6.45, 7) is 3.03. The molecule has 0 aromatic heterocycles. The summed E-state index contributed by atoms with van der Waals surface area (Å²) in [6.07, 6.45) is 1.92. The molecular weight excluding hydrogens is 318 g/mol. The van der Waals surface area contributed by atoms with Gasteiger partial charge >= 0.3 is 0 Å². The molecule has 1 heterocycles. The Kier molecular flexibility index (Phi) is 7.48. The molecule has 2 amide bonds. The average molecular weight is 342 g/mol. The number of halogens is 1. The van der Waals surface area contributed by atoms with Crippen molar-refractivity contribution in [1.82, 2.24) is 10.6 Å². The van der Waals surface area contributed by atoms with E-state index in [0.29, 0.717) is 24.3 Å². The van der Waals surface area contributed by atoms with E-state index < -0.39 is 5.91 Å². The molecule has 1 aliphatic heterocycles. The Bertz CT molecular complexity index is 540. The lowest BCUT2D eigenvalue weighted by Crippen LogP contribution is -2.47. The van der Waals surface area contributed by atoms with Gasteiger partial charge in [-0.25, -0.2) is 0 Å². The molecule has 1 saturated heterocycles. The molecule has 0 bridgehead atoms. The summed E-state index contributed by atoms with van der Waals surface area (Å²) < 4.78 is 5.33. The van der Waals surface area contributed by atoms with Gasteiger partial charge in [0, 0.05) is 30.2 Å². The van der Waals surface area contributed by atoms with Crippen LogP contribution in [0.25, 0.3) is 0 Å². The SMILES string of the molecule is COCC1(CNC(=O)c2cccc(C(N)=O)c2)CCNCC1.Cl. The van der Waals surface area contributed by atoms with E-state index in [1.807, 2.05) is 0 Å². The number of hydrogen-bond donors (Lipinski definition) is 3. The smallest absolute Gasteiger partial charge is 0.251 e. The van der Waals surface area contributed by atoms with Crippen LogP contribution in [0.4, 0.5) is 0 Å². The molecule has 0 aliphatic carbocycles. The van der Waals surface area contributed by atoms with Crippen LogP contribution >= 0.6 is 12.4 Å². The van der Waals surface area contributed by atoms with Crippen molar-refractivity contribution in [3.8, 4) is 0 Å². The van der Waals surface area contributed by atoms with Gasteiger partial charge in [-0.1, -0.05) is 6.07 Å². The molecule has 0 atom stereocenters. The fourth-order valence-corrected chi connectivity index (χ4v) is 2.82. The second-order valence-electron chi connectivity index (χ2n) is 5.81. The van der Waals surface area contributed by atoms with Crippen molar-refractivity contribution in [2.75, 3.05) is 33.4 Å². The van der Waals surface area contributed by atoms with E-state index in [9.17, 15) is 9.59 Å². The van der Waals surface area contributed by atoms with E-state index in [4.69, 9.17) is 10.5 Å². The summed E-state index contributed by atoms with van der Waals surface area (Å²) in [7, 11) is 1.68. The maximum Gasteiger partial charge on any atom is 0.251 e.